The van der Waals surface area contributed by atoms with E-state index in [2.05, 4.69) is 144 Å². The largest absolute Gasteiger partial charge is 0.309 e. The molecule has 0 heterocycles. The molecule has 6 aromatic rings. The number of hydrogen-bond acceptors (Lipinski definition) is 1. The first-order chi connectivity index (χ1) is 22.3. The summed E-state index contributed by atoms with van der Waals surface area (Å²) in [6.45, 7) is 0. The van der Waals surface area contributed by atoms with Crippen molar-refractivity contribution in [3.05, 3.63) is 151 Å². The van der Waals surface area contributed by atoms with Crippen molar-refractivity contribution in [2.24, 2.45) is 23.7 Å². The zero-order chi connectivity index (χ0) is 29.5. The molecule has 0 amide bonds. The first-order valence-electron chi connectivity index (χ1n) is 17.0. The van der Waals surface area contributed by atoms with Gasteiger partial charge in [-0.25, -0.2) is 0 Å². The molecule has 0 unspecified atom stereocenters. The molecule has 5 aliphatic carbocycles. The fourth-order valence-electron chi connectivity index (χ4n) is 10.6. The number of rotatable bonds is 4. The molecule has 4 saturated carbocycles. The van der Waals surface area contributed by atoms with Gasteiger partial charge in [-0.1, -0.05) is 115 Å². The summed E-state index contributed by atoms with van der Waals surface area (Å²) in [5, 5.41) is 2.55. The molecule has 4 fully saturated rings. The van der Waals surface area contributed by atoms with Gasteiger partial charge in [0.25, 0.3) is 0 Å². The van der Waals surface area contributed by atoms with Gasteiger partial charge in [-0.2, -0.15) is 0 Å². The highest BCUT2D eigenvalue weighted by Crippen LogP contribution is 2.70. The molecule has 45 heavy (non-hydrogen) atoms. The van der Waals surface area contributed by atoms with E-state index in [9.17, 15) is 0 Å². The van der Waals surface area contributed by atoms with Gasteiger partial charge in [0.1, 0.15) is 0 Å². The number of benzene rings is 6. The molecule has 0 N–H and O–H groups in total. The Bertz CT molecular complexity index is 2040. The molecule has 0 radical (unpaired) electrons. The van der Waals surface area contributed by atoms with Crippen LogP contribution in [-0.2, 0) is 5.41 Å². The SMILES string of the molecule is c1ccc(-c2ccc(N(c3cccc4c3-c3ccccc3C43C4CC5CC(C4)CC3C5)c3cccc4ccccc34)cc2)cc1. The van der Waals surface area contributed by atoms with Gasteiger partial charge in [-0.3, -0.25) is 0 Å². The Morgan fingerprint density at radius 2 is 1.07 bits per heavy atom. The average Bonchev–Trinajstić information content (AvgIpc) is 3.39. The third kappa shape index (κ3) is 3.61. The van der Waals surface area contributed by atoms with E-state index in [1.54, 1.807) is 11.1 Å². The maximum atomic E-state index is 2.56. The minimum Gasteiger partial charge on any atom is -0.309 e. The molecule has 5 aliphatic rings. The standard InChI is InChI=1S/C44H37N/c1-2-10-31(11-3-1)32-20-22-36(23-21-32)45(41-18-8-13-33-12-4-5-14-37(33)41)42-19-9-17-40-43(42)38-15-6-7-16-39(38)44(40)34-25-29-24-30(27-34)28-35(44)26-29/h1-23,29-30,34-35H,24-28H2. The minimum atomic E-state index is 0.150. The highest BCUT2D eigenvalue weighted by Gasteiger charge is 2.61. The maximum Gasteiger partial charge on any atom is 0.0543 e. The lowest BCUT2D eigenvalue weighted by molar-refractivity contribution is -0.0399. The smallest absolute Gasteiger partial charge is 0.0543 e. The van der Waals surface area contributed by atoms with Crippen LogP contribution in [0.15, 0.2) is 140 Å². The lowest BCUT2D eigenvalue weighted by Crippen LogP contribution is -2.55. The van der Waals surface area contributed by atoms with Crippen LogP contribution >= 0.6 is 0 Å². The molecule has 4 bridgehead atoms. The highest BCUT2D eigenvalue weighted by molar-refractivity contribution is 6.03. The molecule has 1 nitrogen and oxygen atoms in total. The van der Waals surface area contributed by atoms with Gasteiger partial charge in [-0.05, 0) is 113 Å². The van der Waals surface area contributed by atoms with Crippen LogP contribution in [0.3, 0.4) is 0 Å². The van der Waals surface area contributed by atoms with Gasteiger partial charge in [0.15, 0.2) is 0 Å². The van der Waals surface area contributed by atoms with E-state index in [0.717, 1.165) is 23.7 Å². The third-order valence-electron chi connectivity index (χ3n) is 12.0. The Labute approximate surface area is 266 Å². The fourth-order valence-corrected chi connectivity index (χ4v) is 10.6. The monoisotopic (exact) mass is 579 g/mol. The summed E-state index contributed by atoms with van der Waals surface area (Å²) in [6, 6.07) is 52.3. The van der Waals surface area contributed by atoms with Gasteiger partial charge >= 0.3 is 0 Å². The summed E-state index contributed by atoms with van der Waals surface area (Å²) in [6.07, 6.45) is 7.08. The molecule has 0 aliphatic heterocycles. The first kappa shape index (κ1) is 25.7. The van der Waals surface area contributed by atoms with Crippen LogP contribution < -0.4 is 4.90 Å². The van der Waals surface area contributed by atoms with Crippen LogP contribution in [-0.4, -0.2) is 0 Å². The van der Waals surface area contributed by atoms with Crippen molar-refractivity contribution in [2.75, 3.05) is 4.90 Å². The lowest BCUT2D eigenvalue weighted by Gasteiger charge is -2.61. The van der Waals surface area contributed by atoms with Crippen molar-refractivity contribution in [3.63, 3.8) is 0 Å². The molecule has 0 saturated heterocycles. The molecule has 6 aromatic carbocycles. The zero-order valence-corrected chi connectivity index (χ0v) is 25.6. The van der Waals surface area contributed by atoms with E-state index in [-0.39, 0.29) is 5.41 Å². The molecule has 11 rings (SSSR count). The summed E-state index contributed by atoms with van der Waals surface area (Å²) in [7, 11) is 0. The quantitative estimate of drug-likeness (QED) is 0.201. The summed E-state index contributed by atoms with van der Waals surface area (Å²) in [5.41, 5.74) is 12.5. The number of nitrogens with zero attached hydrogens (tertiary/aromatic N) is 1. The van der Waals surface area contributed by atoms with E-state index in [1.807, 2.05) is 0 Å². The number of fused-ring (bicyclic) bond motifs is 4. The van der Waals surface area contributed by atoms with E-state index in [1.165, 1.54) is 82.2 Å². The summed E-state index contributed by atoms with van der Waals surface area (Å²) in [5.74, 6) is 3.38. The summed E-state index contributed by atoms with van der Waals surface area (Å²) < 4.78 is 0. The van der Waals surface area contributed by atoms with Gasteiger partial charge < -0.3 is 4.90 Å². The van der Waals surface area contributed by atoms with Crippen LogP contribution in [0.1, 0.15) is 43.2 Å². The van der Waals surface area contributed by atoms with Crippen LogP contribution in [0.4, 0.5) is 17.1 Å². The average molecular weight is 580 g/mol. The zero-order valence-electron chi connectivity index (χ0n) is 25.6. The second-order valence-corrected chi connectivity index (χ2v) is 14.2. The van der Waals surface area contributed by atoms with Crippen molar-refractivity contribution in [2.45, 2.75) is 37.5 Å². The van der Waals surface area contributed by atoms with Crippen molar-refractivity contribution in [1.82, 2.24) is 0 Å². The van der Waals surface area contributed by atoms with Crippen molar-refractivity contribution < 1.29 is 0 Å². The van der Waals surface area contributed by atoms with Crippen LogP contribution in [0.2, 0.25) is 0 Å². The van der Waals surface area contributed by atoms with Crippen LogP contribution in [0.25, 0.3) is 33.0 Å². The van der Waals surface area contributed by atoms with Crippen molar-refractivity contribution in [3.8, 4) is 22.3 Å². The van der Waals surface area contributed by atoms with Crippen LogP contribution in [0, 0.1) is 23.7 Å². The van der Waals surface area contributed by atoms with Gasteiger partial charge in [0.05, 0.1) is 11.4 Å². The van der Waals surface area contributed by atoms with Gasteiger partial charge in [0.2, 0.25) is 0 Å². The van der Waals surface area contributed by atoms with E-state index in [4.69, 9.17) is 0 Å². The van der Waals surface area contributed by atoms with Crippen LogP contribution in [0.5, 0.6) is 0 Å². The molecular weight excluding hydrogens is 542 g/mol. The van der Waals surface area contributed by atoms with Gasteiger partial charge in [-0.15, -0.1) is 0 Å². The number of hydrogen-bond donors (Lipinski definition) is 0. The Morgan fingerprint density at radius 3 is 1.87 bits per heavy atom. The number of anilines is 3. The Hall–Kier alpha value is -4.62. The molecular formula is C44H37N. The molecule has 0 aromatic heterocycles. The lowest BCUT2D eigenvalue weighted by atomic mass is 9.43. The molecule has 218 valence electrons. The Balaban J connectivity index is 1.22. The molecule has 1 heteroatoms. The summed E-state index contributed by atoms with van der Waals surface area (Å²) >= 11 is 0. The Morgan fingerprint density at radius 1 is 0.467 bits per heavy atom. The normalized spacial score (nSPS) is 25.4. The van der Waals surface area contributed by atoms with E-state index in [0.29, 0.717) is 0 Å². The molecule has 0 atom stereocenters. The second kappa shape index (κ2) is 9.69. The predicted octanol–water partition coefficient (Wildman–Crippen LogP) is 11.7. The van der Waals surface area contributed by atoms with E-state index < -0.39 is 0 Å². The minimum absolute atomic E-state index is 0.150. The van der Waals surface area contributed by atoms with Gasteiger partial charge in [0, 0.05) is 22.1 Å². The molecule has 1 spiro atoms. The van der Waals surface area contributed by atoms with Crippen molar-refractivity contribution >= 4 is 27.8 Å². The Kier molecular flexibility index (Phi) is 5.53. The maximum absolute atomic E-state index is 2.56. The topological polar surface area (TPSA) is 3.24 Å². The third-order valence-corrected chi connectivity index (χ3v) is 12.0. The van der Waals surface area contributed by atoms with E-state index >= 15 is 0 Å². The second-order valence-electron chi connectivity index (χ2n) is 14.2. The van der Waals surface area contributed by atoms with Crippen molar-refractivity contribution in [1.29, 1.82) is 0 Å². The summed E-state index contributed by atoms with van der Waals surface area (Å²) in [4.78, 5) is 2.56. The first-order valence-corrected chi connectivity index (χ1v) is 17.0. The predicted molar refractivity (Wildman–Crippen MR) is 187 cm³/mol. The highest BCUT2D eigenvalue weighted by atomic mass is 15.1. The fraction of sp³-hybridized carbons (Fsp3) is 0.227.